The number of aromatic nitrogens is 6. The van der Waals surface area contributed by atoms with E-state index in [0.717, 1.165) is 10.7 Å². The highest BCUT2D eigenvalue weighted by atomic mass is 32.1. The van der Waals surface area contributed by atoms with Gasteiger partial charge in [0.15, 0.2) is 11.5 Å². The predicted octanol–water partition coefficient (Wildman–Crippen LogP) is 3.49. The molecule has 0 amide bonds. The summed E-state index contributed by atoms with van der Waals surface area (Å²) in [5.41, 5.74) is 7.26. The topological polar surface area (TPSA) is 120 Å². The first kappa shape index (κ1) is 16.6. The molecule has 0 aromatic carbocycles. The van der Waals surface area contributed by atoms with Gasteiger partial charge in [0.1, 0.15) is 10.8 Å². The third-order valence-corrected chi connectivity index (χ3v) is 4.56. The Kier molecular flexibility index (Phi) is 4.13. The van der Waals surface area contributed by atoms with Crippen molar-refractivity contribution in [3.63, 3.8) is 0 Å². The Bertz CT molecular complexity index is 897. The molecule has 3 rings (SSSR count). The van der Waals surface area contributed by atoms with Crippen LogP contribution in [0.15, 0.2) is 10.2 Å². The fourth-order valence-electron chi connectivity index (χ4n) is 1.96. The number of nitrogens with zero attached hydrogens (tertiary/aromatic N) is 8. The Morgan fingerprint density at radius 3 is 2.42 bits per heavy atom. The molecule has 0 spiro atoms. The van der Waals surface area contributed by atoms with E-state index in [9.17, 15) is 0 Å². The number of aryl methyl sites for hydroxylation is 2. The number of anilines is 1. The molecule has 0 atom stereocenters. The molecule has 0 aliphatic rings. The first-order valence-electron chi connectivity index (χ1n) is 7.17. The third kappa shape index (κ3) is 3.17. The van der Waals surface area contributed by atoms with E-state index in [1.165, 1.54) is 22.9 Å². The molecule has 3 aromatic heterocycles. The minimum Gasteiger partial charge on any atom is -0.382 e. The van der Waals surface area contributed by atoms with Crippen LogP contribution in [0.5, 0.6) is 0 Å². The molecular formula is C13H17N9S2. The van der Waals surface area contributed by atoms with Crippen LogP contribution in [-0.2, 0) is 5.41 Å². The summed E-state index contributed by atoms with van der Waals surface area (Å²) in [6.07, 6.45) is 0. The van der Waals surface area contributed by atoms with Gasteiger partial charge in [0, 0.05) is 16.9 Å². The monoisotopic (exact) mass is 363 g/mol. The van der Waals surface area contributed by atoms with Gasteiger partial charge in [-0.1, -0.05) is 32.1 Å². The molecule has 0 fully saturated rings. The summed E-state index contributed by atoms with van der Waals surface area (Å²) in [5, 5.41) is 23.1. The highest BCUT2D eigenvalue weighted by Crippen LogP contribution is 2.38. The summed E-state index contributed by atoms with van der Waals surface area (Å²) >= 11 is 2.60. The molecule has 0 saturated carbocycles. The van der Waals surface area contributed by atoms with Gasteiger partial charge in [0.05, 0.1) is 5.69 Å². The second-order valence-electron chi connectivity index (χ2n) is 6.17. The molecular weight excluding hydrogens is 346 g/mol. The van der Waals surface area contributed by atoms with Gasteiger partial charge >= 0.3 is 0 Å². The van der Waals surface area contributed by atoms with Gasteiger partial charge in [-0.25, -0.2) is 4.98 Å². The summed E-state index contributed by atoms with van der Waals surface area (Å²) in [6.45, 7) is 9.81. The normalized spacial score (nSPS) is 12.4. The molecule has 3 heterocycles. The number of azo groups is 1. The zero-order chi connectivity index (χ0) is 17.5. The average Bonchev–Trinajstić information content (AvgIpc) is 3.16. The van der Waals surface area contributed by atoms with Crippen LogP contribution < -0.4 is 5.73 Å². The fraction of sp³-hybridized carbons (Fsp3) is 0.462. The van der Waals surface area contributed by atoms with Gasteiger partial charge < -0.3 is 5.73 Å². The van der Waals surface area contributed by atoms with Crippen molar-refractivity contribution in [2.75, 3.05) is 5.73 Å². The summed E-state index contributed by atoms with van der Waals surface area (Å²) in [7, 11) is 0. The van der Waals surface area contributed by atoms with Crippen molar-refractivity contribution in [2.24, 2.45) is 10.2 Å². The lowest BCUT2D eigenvalue weighted by Gasteiger charge is -2.15. The standard InChI is InChI=1S/C13H17N9S2/c1-6-15-11(24-21-6)18-17-8-9(13(3,4)5)20-22(10(8)14)12-19-16-7(2)23-12/h14H2,1-5H3. The van der Waals surface area contributed by atoms with E-state index in [0.29, 0.717) is 27.6 Å². The maximum absolute atomic E-state index is 6.26. The molecule has 0 aliphatic carbocycles. The predicted molar refractivity (Wildman–Crippen MR) is 93.7 cm³/mol. The molecule has 11 heteroatoms. The lowest BCUT2D eigenvalue weighted by Crippen LogP contribution is -2.13. The Morgan fingerprint density at radius 2 is 1.88 bits per heavy atom. The van der Waals surface area contributed by atoms with Crippen molar-refractivity contribution in [3.8, 4) is 5.13 Å². The van der Waals surface area contributed by atoms with E-state index in [-0.39, 0.29) is 5.41 Å². The van der Waals surface area contributed by atoms with Crippen LogP contribution in [0.2, 0.25) is 0 Å². The third-order valence-electron chi connectivity index (χ3n) is 3.05. The van der Waals surface area contributed by atoms with Crippen LogP contribution in [-0.4, -0.2) is 29.3 Å². The lowest BCUT2D eigenvalue weighted by atomic mass is 9.91. The summed E-state index contributed by atoms with van der Waals surface area (Å²) in [6, 6.07) is 0. The minimum atomic E-state index is -0.259. The average molecular weight is 363 g/mol. The van der Waals surface area contributed by atoms with Crippen LogP contribution >= 0.6 is 22.9 Å². The maximum atomic E-state index is 6.26. The Hall–Kier alpha value is -2.27. The second kappa shape index (κ2) is 5.98. The number of hydrogen-bond donors (Lipinski definition) is 1. The molecule has 0 unspecified atom stereocenters. The van der Waals surface area contributed by atoms with Crippen LogP contribution in [0.25, 0.3) is 5.13 Å². The highest BCUT2D eigenvalue weighted by Gasteiger charge is 2.27. The first-order chi connectivity index (χ1) is 11.3. The van der Waals surface area contributed by atoms with Crippen molar-refractivity contribution in [1.82, 2.24) is 29.3 Å². The molecule has 2 N–H and O–H groups in total. The first-order valence-corrected chi connectivity index (χ1v) is 8.76. The fourth-order valence-corrected chi connectivity index (χ4v) is 3.12. The molecule has 0 saturated heterocycles. The molecule has 3 aromatic rings. The zero-order valence-electron chi connectivity index (χ0n) is 14.0. The largest absolute Gasteiger partial charge is 0.382 e. The van der Waals surface area contributed by atoms with Gasteiger partial charge in [-0.05, 0) is 13.8 Å². The Labute approximate surface area is 146 Å². The minimum absolute atomic E-state index is 0.259. The van der Waals surface area contributed by atoms with E-state index >= 15 is 0 Å². The lowest BCUT2D eigenvalue weighted by molar-refractivity contribution is 0.560. The van der Waals surface area contributed by atoms with E-state index in [4.69, 9.17) is 5.73 Å². The van der Waals surface area contributed by atoms with Crippen molar-refractivity contribution in [1.29, 1.82) is 0 Å². The highest BCUT2D eigenvalue weighted by molar-refractivity contribution is 7.13. The van der Waals surface area contributed by atoms with Gasteiger partial charge in [-0.3, -0.25) is 0 Å². The summed E-state index contributed by atoms with van der Waals surface area (Å²) in [5.74, 6) is 1.04. The van der Waals surface area contributed by atoms with Crippen LogP contribution in [0.3, 0.4) is 0 Å². The second-order valence-corrected chi connectivity index (χ2v) is 8.06. The maximum Gasteiger partial charge on any atom is 0.249 e. The van der Waals surface area contributed by atoms with Gasteiger partial charge in [-0.2, -0.15) is 14.2 Å². The number of hydrogen-bond acceptors (Lipinski definition) is 10. The van der Waals surface area contributed by atoms with Crippen LogP contribution in [0.1, 0.15) is 37.3 Å². The van der Waals surface area contributed by atoms with Gasteiger partial charge in [-0.15, -0.1) is 20.4 Å². The van der Waals surface area contributed by atoms with Crippen molar-refractivity contribution in [3.05, 3.63) is 16.5 Å². The smallest absolute Gasteiger partial charge is 0.249 e. The summed E-state index contributed by atoms with van der Waals surface area (Å²) < 4.78 is 5.65. The van der Waals surface area contributed by atoms with E-state index < -0.39 is 0 Å². The van der Waals surface area contributed by atoms with Gasteiger partial charge in [0.25, 0.3) is 0 Å². The quantitative estimate of drug-likeness (QED) is 0.711. The molecule has 126 valence electrons. The molecule has 0 aliphatic heterocycles. The zero-order valence-corrected chi connectivity index (χ0v) is 15.6. The number of rotatable bonds is 3. The van der Waals surface area contributed by atoms with Gasteiger partial charge in [0.2, 0.25) is 10.3 Å². The van der Waals surface area contributed by atoms with Crippen molar-refractivity contribution >= 4 is 39.5 Å². The van der Waals surface area contributed by atoms with Crippen molar-refractivity contribution in [2.45, 2.75) is 40.0 Å². The Balaban J connectivity index is 2.09. The van der Waals surface area contributed by atoms with Crippen LogP contribution in [0.4, 0.5) is 16.6 Å². The number of nitrogens with two attached hydrogens (primary N) is 1. The Morgan fingerprint density at radius 1 is 1.12 bits per heavy atom. The molecule has 9 nitrogen and oxygen atoms in total. The molecule has 24 heavy (non-hydrogen) atoms. The van der Waals surface area contributed by atoms with E-state index in [1.807, 2.05) is 27.7 Å². The molecule has 0 radical (unpaired) electrons. The van der Waals surface area contributed by atoms with Crippen LogP contribution in [0, 0.1) is 13.8 Å². The van der Waals surface area contributed by atoms with E-state index in [2.05, 4.69) is 34.9 Å². The van der Waals surface area contributed by atoms with E-state index in [1.54, 1.807) is 11.6 Å². The SMILES string of the molecule is Cc1nsc(N=Nc2c(C(C)(C)C)nn(-c3nnc(C)s3)c2N)n1. The summed E-state index contributed by atoms with van der Waals surface area (Å²) in [4.78, 5) is 4.17. The van der Waals surface area contributed by atoms with Crippen molar-refractivity contribution < 1.29 is 0 Å². The molecule has 0 bridgehead atoms. The number of nitrogen functional groups attached to an aromatic ring is 1.